The summed E-state index contributed by atoms with van der Waals surface area (Å²) in [5.74, 6) is 0.256. The van der Waals surface area contributed by atoms with E-state index in [2.05, 4.69) is 17.6 Å². The van der Waals surface area contributed by atoms with Crippen LogP contribution in [0.3, 0.4) is 0 Å². The van der Waals surface area contributed by atoms with Crippen LogP contribution in [0.2, 0.25) is 0 Å². The third kappa shape index (κ3) is 3.15. The summed E-state index contributed by atoms with van der Waals surface area (Å²) in [5, 5.41) is 5.37. The van der Waals surface area contributed by atoms with Crippen molar-refractivity contribution in [3.05, 3.63) is 0 Å². The number of hydrogen-bond donors (Lipinski definition) is 3. The Kier molecular flexibility index (Phi) is 4.45. The number of carbonyl (C=O) groups is 2. The maximum Gasteiger partial charge on any atom is 0.233 e. The molecule has 4 N–H and O–H groups in total. The van der Waals surface area contributed by atoms with Crippen LogP contribution in [0.4, 0.5) is 0 Å². The van der Waals surface area contributed by atoms with Crippen molar-refractivity contribution in [1.82, 2.24) is 10.6 Å². The fourth-order valence-electron chi connectivity index (χ4n) is 2.21. The lowest BCUT2D eigenvalue weighted by Crippen LogP contribution is -2.56. The first-order chi connectivity index (χ1) is 7.88. The molecule has 6 heteroatoms. The number of hydrogen-bond acceptors (Lipinski definition) is 3. The predicted molar refractivity (Wildman–Crippen MR) is 69.3 cm³/mol. The van der Waals surface area contributed by atoms with E-state index in [1.165, 1.54) is 6.92 Å². The second-order valence-corrected chi connectivity index (χ2v) is 5.14. The van der Waals surface area contributed by atoms with E-state index >= 15 is 0 Å². The van der Waals surface area contributed by atoms with E-state index in [9.17, 15) is 9.59 Å². The molecule has 17 heavy (non-hydrogen) atoms. The van der Waals surface area contributed by atoms with Gasteiger partial charge in [-0.15, -0.1) is 0 Å². The van der Waals surface area contributed by atoms with Gasteiger partial charge in [0, 0.05) is 20.0 Å². The summed E-state index contributed by atoms with van der Waals surface area (Å²) in [5.41, 5.74) is 4.99. The van der Waals surface area contributed by atoms with Gasteiger partial charge in [0.25, 0.3) is 0 Å². The quantitative estimate of drug-likeness (QED) is 0.476. The molecular formula is C11H19N3O2S. The van der Waals surface area contributed by atoms with Gasteiger partial charge in [-0.1, -0.05) is 19.1 Å². The molecular weight excluding hydrogens is 238 g/mol. The van der Waals surface area contributed by atoms with Crippen molar-refractivity contribution in [3.63, 3.8) is 0 Å². The summed E-state index contributed by atoms with van der Waals surface area (Å²) >= 11 is 4.98. The molecule has 1 fully saturated rings. The molecule has 96 valence electrons. The van der Waals surface area contributed by atoms with E-state index in [-0.39, 0.29) is 16.8 Å². The van der Waals surface area contributed by atoms with Gasteiger partial charge in [0.2, 0.25) is 11.8 Å². The maximum absolute atomic E-state index is 12.0. The number of rotatable bonds is 5. The van der Waals surface area contributed by atoms with Gasteiger partial charge >= 0.3 is 0 Å². The smallest absolute Gasteiger partial charge is 0.233 e. The van der Waals surface area contributed by atoms with Crippen molar-refractivity contribution in [3.8, 4) is 0 Å². The van der Waals surface area contributed by atoms with Gasteiger partial charge in [-0.2, -0.15) is 0 Å². The van der Waals surface area contributed by atoms with Crippen molar-refractivity contribution < 1.29 is 9.59 Å². The van der Waals surface area contributed by atoms with Crippen LogP contribution in [0.5, 0.6) is 0 Å². The number of nitrogens with one attached hydrogen (secondary N) is 2. The Morgan fingerprint density at radius 1 is 1.35 bits per heavy atom. The molecule has 0 bridgehead atoms. The highest BCUT2D eigenvalue weighted by Gasteiger charge is 2.50. The van der Waals surface area contributed by atoms with Gasteiger partial charge in [0.15, 0.2) is 0 Å². The highest BCUT2D eigenvalue weighted by atomic mass is 32.1. The first-order valence-corrected chi connectivity index (χ1v) is 6.12. The van der Waals surface area contributed by atoms with Gasteiger partial charge in [-0.05, 0) is 18.8 Å². The summed E-state index contributed by atoms with van der Waals surface area (Å²) in [6.07, 6.45) is 1.43. The summed E-state index contributed by atoms with van der Waals surface area (Å²) in [6.45, 7) is 4.33. The first-order valence-electron chi connectivity index (χ1n) is 5.71. The van der Waals surface area contributed by atoms with E-state index in [0.717, 1.165) is 0 Å². The van der Waals surface area contributed by atoms with Crippen LogP contribution in [0, 0.1) is 11.3 Å². The fraction of sp³-hybridized carbons (Fsp3) is 0.727. The Balaban J connectivity index is 2.40. The molecule has 0 unspecified atom stereocenters. The SMILES string of the molecule is CC(=O)NCCNC(=O)C1(C(N)=S)CC(C)C1. The molecule has 0 saturated heterocycles. The molecule has 0 heterocycles. The zero-order valence-electron chi connectivity index (χ0n) is 10.2. The second kappa shape index (κ2) is 5.44. The average molecular weight is 257 g/mol. The van der Waals surface area contributed by atoms with Crippen molar-refractivity contribution >= 4 is 29.0 Å². The summed E-state index contributed by atoms with van der Waals surface area (Å²) in [4.78, 5) is 22.9. The van der Waals surface area contributed by atoms with Crippen molar-refractivity contribution in [2.24, 2.45) is 17.1 Å². The molecule has 0 atom stereocenters. The fourth-order valence-corrected chi connectivity index (χ4v) is 2.47. The third-order valence-corrected chi connectivity index (χ3v) is 3.48. The lowest BCUT2D eigenvalue weighted by atomic mass is 9.62. The number of amides is 2. The third-order valence-electron chi connectivity index (χ3n) is 3.08. The van der Waals surface area contributed by atoms with Crippen LogP contribution in [-0.2, 0) is 9.59 Å². The highest BCUT2D eigenvalue weighted by molar-refractivity contribution is 7.80. The Morgan fingerprint density at radius 2 is 1.88 bits per heavy atom. The van der Waals surface area contributed by atoms with E-state index in [1.807, 2.05) is 0 Å². The number of carbonyl (C=O) groups excluding carboxylic acids is 2. The van der Waals surface area contributed by atoms with Gasteiger partial charge in [-0.3, -0.25) is 9.59 Å². The summed E-state index contributed by atoms with van der Waals surface area (Å²) < 4.78 is 0. The van der Waals surface area contributed by atoms with Gasteiger partial charge < -0.3 is 16.4 Å². The zero-order chi connectivity index (χ0) is 13.1. The molecule has 0 aromatic carbocycles. The van der Waals surface area contributed by atoms with Crippen molar-refractivity contribution in [2.75, 3.05) is 13.1 Å². The monoisotopic (exact) mass is 257 g/mol. The number of nitrogens with two attached hydrogens (primary N) is 1. The molecule has 0 spiro atoms. The maximum atomic E-state index is 12.0. The molecule has 1 aliphatic rings. The minimum atomic E-state index is -0.662. The van der Waals surface area contributed by atoms with Gasteiger partial charge in [0.05, 0.1) is 10.4 Å². The van der Waals surface area contributed by atoms with Gasteiger partial charge in [0.1, 0.15) is 0 Å². The molecule has 0 radical (unpaired) electrons. The van der Waals surface area contributed by atoms with Crippen LogP contribution in [0.1, 0.15) is 26.7 Å². The second-order valence-electron chi connectivity index (χ2n) is 4.70. The molecule has 5 nitrogen and oxygen atoms in total. The standard InChI is InChI=1S/C11H19N3O2S/c1-7-5-11(6-7,9(12)17)10(16)14-4-3-13-8(2)15/h7H,3-6H2,1-2H3,(H2,12,17)(H,13,15)(H,14,16). The molecule has 2 amide bonds. The Bertz CT molecular complexity index is 338. The van der Waals surface area contributed by atoms with E-state index in [0.29, 0.717) is 31.8 Å². The zero-order valence-corrected chi connectivity index (χ0v) is 11.0. The van der Waals surface area contributed by atoms with Crippen LogP contribution in [0.15, 0.2) is 0 Å². The number of thiocarbonyl (C=S) groups is 1. The normalized spacial score (nSPS) is 26.8. The topological polar surface area (TPSA) is 84.2 Å². The lowest BCUT2D eigenvalue weighted by Gasteiger charge is -2.44. The Morgan fingerprint density at radius 3 is 2.29 bits per heavy atom. The van der Waals surface area contributed by atoms with E-state index in [4.69, 9.17) is 18.0 Å². The largest absolute Gasteiger partial charge is 0.392 e. The van der Waals surface area contributed by atoms with Crippen molar-refractivity contribution in [1.29, 1.82) is 0 Å². The highest BCUT2D eigenvalue weighted by Crippen LogP contribution is 2.45. The lowest BCUT2D eigenvalue weighted by molar-refractivity contribution is -0.133. The van der Waals surface area contributed by atoms with Gasteiger partial charge in [-0.25, -0.2) is 0 Å². The van der Waals surface area contributed by atoms with E-state index < -0.39 is 5.41 Å². The predicted octanol–water partition coefficient (Wildman–Crippen LogP) is -0.0589. The molecule has 1 aliphatic carbocycles. The molecule has 1 rings (SSSR count). The minimum Gasteiger partial charge on any atom is -0.392 e. The first kappa shape index (κ1) is 13.9. The van der Waals surface area contributed by atoms with E-state index in [1.54, 1.807) is 0 Å². The average Bonchev–Trinajstić information content (AvgIpc) is 2.18. The molecule has 0 aliphatic heterocycles. The summed E-state index contributed by atoms with van der Waals surface area (Å²) in [7, 11) is 0. The Hall–Kier alpha value is -1.17. The van der Waals surface area contributed by atoms with Crippen molar-refractivity contribution in [2.45, 2.75) is 26.7 Å². The molecule has 1 saturated carbocycles. The minimum absolute atomic E-state index is 0.111. The molecule has 0 aromatic heterocycles. The van der Waals surface area contributed by atoms with Crippen LogP contribution < -0.4 is 16.4 Å². The van der Waals surface area contributed by atoms with Crippen LogP contribution in [-0.4, -0.2) is 29.9 Å². The summed E-state index contributed by atoms with van der Waals surface area (Å²) in [6, 6.07) is 0. The Labute approximate surface area is 107 Å². The van der Waals surface area contributed by atoms with Crippen LogP contribution in [0.25, 0.3) is 0 Å². The molecule has 0 aromatic rings. The van der Waals surface area contributed by atoms with Crippen LogP contribution >= 0.6 is 12.2 Å².